The standard InChI is InChI=1S/C29H28N2O3S/c1-20-13-16-25(17-14-20)35(33,34)31-27-18-15-24(19-22(27)3)29(32)30-28(23-10-5-4-6-11-23)26-12-8-7-9-21(26)2/h4-19,28,31H,1-3H3,(H,30,32)/t28-/m0/s1. The van der Waals surface area contributed by atoms with Crippen LogP contribution in [0.4, 0.5) is 5.69 Å². The van der Waals surface area contributed by atoms with Gasteiger partial charge < -0.3 is 5.32 Å². The lowest BCUT2D eigenvalue weighted by molar-refractivity contribution is 0.0943. The SMILES string of the molecule is Cc1ccc(S(=O)(=O)Nc2ccc(C(=O)N[C@@H](c3ccccc3)c3ccccc3C)cc2C)cc1. The molecule has 1 atom stereocenters. The van der Waals surface area contributed by atoms with Gasteiger partial charge in [-0.1, -0.05) is 72.3 Å². The summed E-state index contributed by atoms with van der Waals surface area (Å²) in [5.74, 6) is -0.238. The Morgan fingerprint density at radius 2 is 1.40 bits per heavy atom. The van der Waals surface area contributed by atoms with Crippen LogP contribution < -0.4 is 10.0 Å². The number of hydrogen-bond acceptors (Lipinski definition) is 3. The van der Waals surface area contributed by atoms with Gasteiger partial charge in [0.1, 0.15) is 0 Å². The van der Waals surface area contributed by atoms with E-state index in [9.17, 15) is 13.2 Å². The van der Waals surface area contributed by atoms with E-state index < -0.39 is 10.0 Å². The minimum atomic E-state index is -3.73. The van der Waals surface area contributed by atoms with Gasteiger partial charge in [-0.3, -0.25) is 9.52 Å². The van der Waals surface area contributed by atoms with Crippen molar-refractivity contribution < 1.29 is 13.2 Å². The number of sulfonamides is 1. The van der Waals surface area contributed by atoms with Crippen molar-refractivity contribution in [3.63, 3.8) is 0 Å². The van der Waals surface area contributed by atoms with Gasteiger partial charge >= 0.3 is 0 Å². The Morgan fingerprint density at radius 3 is 2.06 bits per heavy atom. The average molecular weight is 485 g/mol. The van der Waals surface area contributed by atoms with E-state index in [4.69, 9.17) is 0 Å². The van der Waals surface area contributed by atoms with Gasteiger partial charge in [-0.25, -0.2) is 8.42 Å². The fraction of sp³-hybridized carbons (Fsp3) is 0.138. The second-order valence-electron chi connectivity index (χ2n) is 8.62. The first kappa shape index (κ1) is 24.2. The first-order valence-corrected chi connectivity index (χ1v) is 12.8. The van der Waals surface area contributed by atoms with Crippen molar-refractivity contribution in [2.75, 3.05) is 4.72 Å². The van der Waals surface area contributed by atoms with Crippen LogP contribution in [-0.4, -0.2) is 14.3 Å². The maximum atomic E-state index is 13.3. The number of carbonyl (C=O) groups excluding carboxylic acids is 1. The molecule has 6 heteroatoms. The molecule has 4 aromatic rings. The summed E-state index contributed by atoms with van der Waals surface area (Å²) in [4.78, 5) is 13.5. The molecular formula is C29H28N2O3S. The molecule has 0 unspecified atom stereocenters. The van der Waals surface area contributed by atoms with Gasteiger partial charge in [0.15, 0.2) is 0 Å². The zero-order valence-corrected chi connectivity index (χ0v) is 20.8. The Morgan fingerprint density at radius 1 is 0.743 bits per heavy atom. The maximum Gasteiger partial charge on any atom is 0.261 e. The van der Waals surface area contributed by atoms with E-state index in [1.165, 1.54) is 0 Å². The zero-order chi connectivity index (χ0) is 25.0. The van der Waals surface area contributed by atoms with Crippen LogP contribution in [0.1, 0.15) is 44.2 Å². The fourth-order valence-electron chi connectivity index (χ4n) is 3.95. The molecule has 1 amide bonds. The maximum absolute atomic E-state index is 13.3. The first-order valence-electron chi connectivity index (χ1n) is 11.4. The average Bonchev–Trinajstić information content (AvgIpc) is 2.85. The Kier molecular flexibility index (Phi) is 7.03. The number of rotatable bonds is 7. The summed E-state index contributed by atoms with van der Waals surface area (Å²) in [5, 5.41) is 3.16. The molecule has 0 saturated heterocycles. The van der Waals surface area contributed by atoms with Crippen molar-refractivity contribution in [3.8, 4) is 0 Å². The molecule has 178 valence electrons. The summed E-state index contributed by atoms with van der Waals surface area (Å²) in [5.41, 5.74) is 5.60. The van der Waals surface area contributed by atoms with E-state index >= 15 is 0 Å². The number of nitrogens with one attached hydrogen (secondary N) is 2. The normalized spacial score (nSPS) is 12.1. The summed E-state index contributed by atoms with van der Waals surface area (Å²) in [6.45, 7) is 5.70. The molecule has 0 saturated carbocycles. The van der Waals surface area contributed by atoms with Gasteiger partial charge in [0.25, 0.3) is 15.9 Å². The molecule has 2 N–H and O–H groups in total. The number of carbonyl (C=O) groups is 1. The van der Waals surface area contributed by atoms with Crippen LogP contribution in [0.25, 0.3) is 0 Å². The summed E-state index contributed by atoms with van der Waals surface area (Å²) < 4.78 is 28.2. The molecule has 0 fully saturated rings. The largest absolute Gasteiger partial charge is 0.341 e. The summed E-state index contributed by atoms with van der Waals surface area (Å²) in [6.07, 6.45) is 0. The van der Waals surface area contributed by atoms with Crippen molar-refractivity contribution in [2.45, 2.75) is 31.7 Å². The molecule has 4 rings (SSSR count). The fourth-order valence-corrected chi connectivity index (χ4v) is 5.08. The van der Waals surface area contributed by atoms with Crippen molar-refractivity contribution >= 4 is 21.6 Å². The second kappa shape index (κ2) is 10.2. The van der Waals surface area contributed by atoms with Crippen molar-refractivity contribution in [1.29, 1.82) is 0 Å². The van der Waals surface area contributed by atoms with E-state index in [0.29, 0.717) is 16.8 Å². The molecule has 0 aliphatic rings. The molecule has 0 aliphatic heterocycles. The Balaban J connectivity index is 1.58. The van der Waals surface area contributed by atoms with E-state index in [1.807, 2.05) is 68.4 Å². The van der Waals surface area contributed by atoms with E-state index in [-0.39, 0.29) is 16.8 Å². The number of benzene rings is 4. The van der Waals surface area contributed by atoms with Crippen LogP contribution in [0.5, 0.6) is 0 Å². The number of hydrogen-bond donors (Lipinski definition) is 2. The third-order valence-electron chi connectivity index (χ3n) is 5.97. The van der Waals surface area contributed by atoms with Crippen LogP contribution in [0.2, 0.25) is 0 Å². The number of amides is 1. The van der Waals surface area contributed by atoms with Crippen LogP contribution in [-0.2, 0) is 10.0 Å². The van der Waals surface area contributed by atoms with E-state index in [0.717, 1.165) is 22.3 Å². The third kappa shape index (κ3) is 5.61. The minimum absolute atomic E-state index is 0.188. The lowest BCUT2D eigenvalue weighted by Crippen LogP contribution is -2.30. The molecule has 0 spiro atoms. The summed E-state index contributed by atoms with van der Waals surface area (Å²) in [7, 11) is -3.73. The molecular weight excluding hydrogens is 456 g/mol. The van der Waals surface area contributed by atoms with Crippen molar-refractivity contribution in [1.82, 2.24) is 5.32 Å². The second-order valence-corrected chi connectivity index (χ2v) is 10.3. The van der Waals surface area contributed by atoms with Crippen LogP contribution >= 0.6 is 0 Å². The lowest BCUT2D eigenvalue weighted by Gasteiger charge is -2.22. The molecule has 4 aromatic carbocycles. The Bertz CT molecular complexity index is 1450. The highest BCUT2D eigenvalue weighted by Crippen LogP contribution is 2.26. The van der Waals surface area contributed by atoms with Gasteiger partial charge in [0.2, 0.25) is 0 Å². The summed E-state index contributed by atoms with van der Waals surface area (Å²) in [6, 6.07) is 29.1. The van der Waals surface area contributed by atoms with Gasteiger partial charge in [0, 0.05) is 5.56 Å². The Labute approximate surface area is 206 Å². The van der Waals surface area contributed by atoms with Gasteiger partial charge in [-0.2, -0.15) is 0 Å². The van der Waals surface area contributed by atoms with Crippen LogP contribution in [0.3, 0.4) is 0 Å². The highest BCUT2D eigenvalue weighted by atomic mass is 32.2. The lowest BCUT2D eigenvalue weighted by atomic mass is 9.94. The van der Waals surface area contributed by atoms with Crippen LogP contribution in [0, 0.1) is 20.8 Å². The molecule has 5 nitrogen and oxygen atoms in total. The Hall–Kier alpha value is -3.90. The number of anilines is 1. The topological polar surface area (TPSA) is 75.3 Å². The first-order chi connectivity index (χ1) is 16.7. The number of aryl methyl sites for hydroxylation is 3. The molecule has 0 radical (unpaired) electrons. The molecule has 0 aliphatic carbocycles. The van der Waals surface area contributed by atoms with Gasteiger partial charge in [-0.15, -0.1) is 0 Å². The smallest absolute Gasteiger partial charge is 0.261 e. The quantitative estimate of drug-likeness (QED) is 0.341. The van der Waals surface area contributed by atoms with Crippen molar-refractivity contribution in [2.24, 2.45) is 0 Å². The highest BCUT2D eigenvalue weighted by Gasteiger charge is 2.20. The molecule has 0 bridgehead atoms. The van der Waals surface area contributed by atoms with E-state index in [1.54, 1.807) is 49.4 Å². The van der Waals surface area contributed by atoms with Gasteiger partial charge in [-0.05, 0) is 73.4 Å². The minimum Gasteiger partial charge on any atom is -0.341 e. The summed E-state index contributed by atoms with van der Waals surface area (Å²) >= 11 is 0. The third-order valence-corrected chi connectivity index (χ3v) is 7.35. The molecule has 0 heterocycles. The molecule has 35 heavy (non-hydrogen) atoms. The van der Waals surface area contributed by atoms with E-state index in [2.05, 4.69) is 10.0 Å². The van der Waals surface area contributed by atoms with Crippen LogP contribution in [0.15, 0.2) is 102 Å². The van der Waals surface area contributed by atoms with Gasteiger partial charge in [0.05, 0.1) is 16.6 Å². The highest BCUT2D eigenvalue weighted by molar-refractivity contribution is 7.92. The predicted molar refractivity (Wildman–Crippen MR) is 140 cm³/mol. The zero-order valence-electron chi connectivity index (χ0n) is 19.9. The monoisotopic (exact) mass is 484 g/mol. The molecule has 0 aromatic heterocycles. The van der Waals surface area contributed by atoms with Crippen molar-refractivity contribution in [3.05, 3.63) is 130 Å². The predicted octanol–water partition coefficient (Wildman–Crippen LogP) is 5.93.